The first-order valence-electron chi connectivity index (χ1n) is 8.39. The van der Waals surface area contributed by atoms with E-state index in [1.165, 1.54) is 48.4 Å². The maximum Gasteiger partial charge on any atom is 0.387 e. The van der Waals surface area contributed by atoms with Gasteiger partial charge >= 0.3 is 13.2 Å². The summed E-state index contributed by atoms with van der Waals surface area (Å²) in [5.74, 6) is -0.448. The van der Waals surface area contributed by atoms with Gasteiger partial charge in [-0.05, 0) is 29.8 Å². The Labute approximate surface area is 165 Å². The number of amides is 1. The number of halogens is 4. The Hall–Kier alpha value is -3.23. The van der Waals surface area contributed by atoms with Crippen LogP contribution in [0.15, 0.2) is 48.5 Å². The second-order valence-corrected chi connectivity index (χ2v) is 5.81. The first-order chi connectivity index (χ1) is 13.8. The van der Waals surface area contributed by atoms with E-state index in [-0.39, 0.29) is 29.4 Å². The smallest absolute Gasteiger partial charge is 0.387 e. The highest BCUT2D eigenvalue weighted by molar-refractivity contribution is 5.92. The van der Waals surface area contributed by atoms with Crippen molar-refractivity contribution in [1.82, 2.24) is 4.90 Å². The van der Waals surface area contributed by atoms with E-state index in [0.29, 0.717) is 5.56 Å². The van der Waals surface area contributed by atoms with E-state index >= 15 is 0 Å². The highest BCUT2D eigenvalue weighted by atomic mass is 19.3. The van der Waals surface area contributed by atoms with Gasteiger partial charge in [0.25, 0.3) is 0 Å². The van der Waals surface area contributed by atoms with Gasteiger partial charge in [0.05, 0.1) is 7.11 Å². The molecule has 2 aromatic carbocycles. The average molecular weight is 413 g/mol. The number of likely N-dealkylation sites (N-methyl/N-ethyl adjacent to an activating group) is 1. The molecule has 2 rings (SSSR count). The maximum atomic E-state index is 12.7. The Morgan fingerprint density at radius 3 is 2.28 bits per heavy atom. The molecule has 0 atom stereocenters. The lowest BCUT2D eigenvalue weighted by Gasteiger charge is -2.16. The van der Waals surface area contributed by atoms with E-state index in [0.717, 1.165) is 0 Å². The molecule has 0 unspecified atom stereocenters. The zero-order chi connectivity index (χ0) is 21.4. The second kappa shape index (κ2) is 10.4. The number of benzene rings is 2. The number of methoxy groups -OCH3 is 1. The van der Waals surface area contributed by atoms with Crippen molar-refractivity contribution < 1.29 is 36.6 Å². The Balaban J connectivity index is 2.06. The van der Waals surface area contributed by atoms with Crippen LogP contribution < -0.4 is 14.2 Å². The number of rotatable bonds is 9. The van der Waals surface area contributed by atoms with Gasteiger partial charge in [-0.3, -0.25) is 4.79 Å². The van der Waals surface area contributed by atoms with Crippen molar-refractivity contribution in [2.24, 2.45) is 0 Å². The molecule has 0 aliphatic carbocycles. The van der Waals surface area contributed by atoms with Crippen LogP contribution in [0.2, 0.25) is 0 Å². The fourth-order valence-corrected chi connectivity index (χ4v) is 2.46. The summed E-state index contributed by atoms with van der Waals surface area (Å²) in [7, 11) is 2.86. The molecule has 0 saturated carbocycles. The molecule has 0 aromatic heterocycles. The van der Waals surface area contributed by atoms with Crippen molar-refractivity contribution in [2.45, 2.75) is 19.8 Å². The van der Waals surface area contributed by atoms with E-state index < -0.39 is 19.1 Å². The van der Waals surface area contributed by atoms with E-state index in [2.05, 4.69) is 9.47 Å². The van der Waals surface area contributed by atoms with Crippen molar-refractivity contribution in [3.63, 3.8) is 0 Å². The third-order valence-corrected chi connectivity index (χ3v) is 3.79. The summed E-state index contributed by atoms with van der Waals surface area (Å²) in [6, 6.07) is 10.4. The summed E-state index contributed by atoms with van der Waals surface area (Å²) < 4.78 is 63.4. The number of hydrogen-bond donors (Lipinski definition) is 0. The molecule has 156 valence electrons. The maximum absolute atomic E-state index is 12.7. The zero-order valence-electron chi connectivity index (χ0n) is 15.7. The van der Waals surface area contributed by atoms with Gasteiger partial charge in [-0.15, -0.1) is 0 Å². The highest BCUT2D eigenvalue weighted by Gasteiger charge is 2.14. The van der Waals surface area contributed by atoms with Crippen LogP contribution in [0.25, 0.3) is 6.08 Å². The third-order valence-electron chi connectivity index (χ3n) is 3.79. The molecular formula is C20H19F4NO4. The number of carbonyl (C=O) groups is 1. The van der Waals surface area contributed by atoms with Crippen molar-refractivity contribution in [3.05, 3.63) is 59.7 Å². The fraction of sp³-hybridized carbons (Fsp3) is 0.250. The molecule has 0 N–H and O–H groups in total. The molecule has 0 fully saturated rings. The van der Waals surface area contributed by atoms with Crippen molar-refractivity contribution in [2.75, 3.05) is 14.2 Å². The summed E-state index contributed by atoms with van der Waals surface area (Å²) in [5.41, 5.74) is 0.943. The number of para-hydroxylation sites is 1. The second-order valence-electron chi connectivity index (χ2n) is 5.81. The summed E-state index contributed by atoms with van der Waals surface area (Å²) in [6.45, 7) is -5.75. The fourth-order valence-electron chi connectivity index (χ4n) is 2.46. The molecule has 29 heavy (non-hydrogen) atoms. The molecule has 5 nitrogen and oxygen atoms in total. The van der Waals surface area contributed by atoms with Gasteiger partial charge in [0.2, 0.25) is 5.91 Å². The topological polar surface area (TPSA) is 48.0 Å². The molecule has 0 aliphatic heterocycles. The van der Waals surface area contributed by atoms with Gasteiger partial charge in [-0.2, -0.15) is 17.6 Å². The number of carbonyl (C=O) groups excluding carboxylic acids is 1. The van der Waals surface area contributed by atoms with Gasteiger partial charge in [-0.1, -0.05) is 24.3 Å². The van der Waals surface area contributed by atoms with Crippen LogP contribution in [0.5, 0.6) is 17.2 Å². The largest absolute Gasteiger partial charge is 0.493 e. The van der Waals surface area contributed by atoms with Crippen LogP contribution in [0.4, 0.5) is 17.6 Å². The summed E-state index contributed by atoms with van der Waals surface area (Å²) in [5, 5.41) is 0. The zero-order valence-corrected chi connectivity index (χ0v) is 15.7. The number of alkyl halides is 4. The van der Waals surface area contributed by atoms with Crippen LogP contribution in [0.3, 0.4) is 0 Å². The molecule has 1 amide bonds. The van der Waals surface area contributed by atoms with Gasteiger partial charge in [0.1, 0.15) is 5.75 Å². The molecule has 0 radical (unpaired) electrons. The Morgan fingerprint density at radius 1 is 1.03 bits per heavy atom. The SMILES string of the molecule is COc1cccc(/C=C/C(=O)N(C)Cc2ccc(OC(F)F)cc2)c1OC(F)F. The van der Waals surface area contributed by atoms with E-state index in [1.807, 2.05) is 0 Å². The first kappa shape index (κ1) is 22.1. The van der Waals surface area contributed by atoms with Crippen LogP contribution in [-0.4, -0.2) is 38.2 Å². The summed E-state index contributed by atoms with van der Waals surface area (Å²) in [4.78, 5) is 13.7. The summed E-state index contributed by atoms with van der Waals surface area (Å²) in [6.07, 6.45) is 2.56. The Kier molecular flexibility index (Phi) is 7.88. The molecule has 0 heterocycles. The summed E-state index contributed by atoms with van der Waals surface area (Å²) >= 11 is 0. The number of nitrogens with zero attached hydrogens (tertiary/aromatic N) is 1. The minimum Gasteiger partial charge on any atom is -0.493 e. The normalized spacial score (nSPS) is 11.2. The number of ether oxygens (including phenoxy) is 3. The highest BCUT2D eigenvalue weighted by Crippen LogP contribution is 2.33. The molecule has 0 spiro atoms. The molecule has 2 aromatic rings. The first-order valence-corrected chi connectivity index (χ1v) is 8.39. The lowest BCUT2D eigenvalue weighted by molar-refractivity contribution is -0.125. The van der Waals surface area contributed by atoms with Crippen LogP contribution >= 0.6 is 0 Å². The number of hydrogen-bond acceptors (Lipinski definition) is 4. The van der Waals surface area contributed by atoms with Crippen molar-refractivity contribution >= 4 is 12.0 Å². The van der Waals surface area contributed by atoms with Crippen LogP contribution in [-0.2, 0) is 11.3 Å². The van der Waals surface area contributed by atoms with Gasteiger partial charge in [0.15, 0.2) is 11.5 Å². The van der Waals surface area contributed by atoms with Crippen molar-refractivity contribution in [3.8, 4) is 17.2 Å². The third kappa shape index (κ3) is 6.70. The minimum atomic E-state index is -3.05. The van der Waals surface area contributed by atoms with Gasteiger partial charge < -0.3 is 19.1 Å². The molecule has 0 saturated heterocycles. The van der Waals surface area contributed by atoms with Crippen LogP contribution in [0.1, 0.15) is 11.1 Å². The lowest BCUT2D eigenvalue weighted by atomic mass is 10.1. The predicted octanol–water partition coefficient (Wildman–Crippen LogP) is 4.57. The van der Waals surface area contributed by atoms with Gasteiger partial charge in [-0.25, -0.2) is 0 Å². The van der Waals surface area contributed by atoms with Gasteiger partial charge in [0, 0.05) is 25.2 Å². The van der Waals surface area contributed by atoms with Crippen molar-refractivity contribution in [1.29, 1.82) is 0 Å². The van der Waals surface area contributed by atoms with Crippen LogP contribution in [0, 0.1) is 0 Å². The average Bonchev–Trinajstić information content (AvgIpc) is 2.67. The quantitative estimate of drug-likeness (QED) is 0.446. The van der Waals surface area contributed by atoms with E-state index in [9.17, 15) is 22.4 Å². The predicted molar refractivity (Wildman–Crippen MR) is 98.2 cm³/mol. The van der Waals surface area contributed by atoms with E-state index in [4.69, 9.17) is 4.74 Å². The standard InChI is InChI=1S/C20H19F4NO4/c1-25(12-13-6-9-15(10-7-13)28-19(21)22)17(26)11-8-14-4-3-5-16(27-2)18(14)29-20(23)24/h3-11,19-20H,12H2,1-2H3/b11-8+. The van der Waals surface area contributed by atoms with E-state index in [1.54, 1.807) is 25.2 Å². The molecular weight excluding hydrogens is 394 g/mol. The Bertz CT molecular complexity index is 841. The minimum absolute atomic E-state index is 0.0159. The Morgan fingerprint density at radius 2 is 1.69 bits per heavy atom. The molecule has 0 bridgehead atoms. The lowest BCUT2D eigenvalue weighted by Crippen LogP contribution is -2.24. The molecule has 0 aliphatic rings. The monoisotopic (exact) mass is 413 g/mol. The molecule has 9 heteroatoms.